The molecule has 5 heteroatoms. The van der Waals surface area contributed by atoms with Crippen LogP contribution in [0.4, 0.5) is 0 Å². The Labute approximate surface area is 92.4 Å². The Kier molecular flexibility index (Phi) is 2.68. The van der Waals surface area contributed by atoms with Crippen LogP contribution in [0, 0.1) is 0 Å². The number of hydrogen-bond donors (Lipinski definition) is 1. The number of rotatable bonds is 3. The van der Waals surface area contributed by atoms with Gasteiger partial charge >= 0.3 is 5.97 Å². The van der Waals surface area contributed by atoms with Crippen molar-refractivity contribution in [3.8, 4) is 11.3 Å². The van der Waals surface area contributed by atoms with Crippen LogP contribution in [-0.4, -0.2) is 25.6 Å². The first kappa shape index (κ1) is 10.4. The van der Waals surface area contributed by atoms with E-state index in [2.05, 4.69) is 9.97 Å². The molecule has 0 aliphatic carbocycles. The van der Waals surface area contributed by atoms with Crippen LogP contribution in [0.25, 0.3) is 11.3 Å². The normalized spacial score (nSPS) is 10.3. The smallest absolute Gasteiger partial charge is 0.309 e. The molecular formula is C11H11N3O2. The lowest BCUT2D eigenvalue weighted by molar-refractivity contribution is -0.136. The fourth-order valence-corrected chi connectivity index (χ4v) is 1.61. The third kappa shape index (κ3) is 1.93. The summed E-state index contributed by atoms with van der Waals surface area (Å²) < 4.78 is 1.84. The number of nitrogens with zero attached hydrogens (tertiary/aromatic N) is 3. The van der Waals surface area contributed by atoms with Gasteiger partial charge in [-0.2, -0.15) is 0 Å². The zero-order valence-electron chi connectivity index (χ0n) is 8.79. The molecule has 16 heavy (non-hydrogen) atoms. The minimum Gasteiger partial charge on any atom is -0.481 e. The van der Waals surface area contributed by atoms with E-state index in [0.29, 0.717) is 0 Å². The third-order valence-electron chi connectivity index (χ3n) is 2.41. The first-order valence-electron chi connectivity index (χ1n) is 4.80. The van der Waals surface area contributed by atoms with E-state index in [0.717, 1.165) is 17.0 Å². The summed E-state index contributed by atoms with van der Waals surface area (Å²) in [4.78, 5) is 18.5. The fraction of sp³-hybridized carbons (Fsp3) is 0.182. The van der Waals surface area contributed by atoms with E-state index < -0.39 is 5.97 Å². The average molecular weight is 217 g/mol. The zero-order valence-corrected chi connectivity index (χ0v) is 8.79. The molecule has 0 saturated carbocycles. The molecule has 2 aromatic heterocycles. The molecule has 0 unspecified atom stereocenters. The van der Waals surface area contributed by atoms with Crippen molar-refractivity contribution in [2.45, 2.75) is 6.42 Å². The molecule has 0 atom stereocenters. The van der Waals surface area contributed by atoms with E-state index in [1.165, 1.54) is 6.33 Å². The number of carbonyl (C=O) groups is 1. The summed E-state index contributed by atoms with van der Waals surface area (Å²) in [6.45, 7) is 0. The predicted molar refractivity (Wildman–Crippen MR) is 57.8 cm³/mol. The number of hydrogen-bond acceptors (Lipinski definition) is 3. The molecule has 0 saturated heterocycles. The van der Waals surface area contributed by atoms with Gasteiger partial charge in [-0.1, -0.05) is 0 Å². The summed E-state index contributed by atoms with van der Waals surface area (Å²) in [5.74, 6) is -0.836. The third-order valence-corrected chi connectivity index (χ3v) is 2.41. The van der Waals surface area contributed by atoms with Gasteiger partial charge in [0.1, 0.15) is 6.33 Å². The van der Waals surface area contributed by atoms with Crippen LogP contribution < -0.4 is 0 Å². The molecule has 0 aromatic carbocycles. The molecule has 0 aliphatic rings. The van der Waals surface area contributed by atoms with E-state index in [1.54, 1.807) is 18.5 Å². The van der Waals surface area contributed by atoms with E-state index in [9.17, 15) is 4.79 Å². The number of aromatic nitrogens is 3. The maximum Gasteiger partial charge on any atom is 0.309 e. The monoisotopic (exact) mass is 217 g/mol. The zero-order chi connectivity index (χ0) is 11.5. The Morgan fingerprint density at radius 1 is 1.38 bits per heavy atom. The molecule has 0 radical (unpaired) electrons. The maximum absolute atomic E-state index is 10.6. The number of carboxylic acids is 1. The van der Waals surface area contributed by atoms with Crippen molar-refractivity contribution in [2.75, 3.05) is 0 Å². The molecule has 0 spiro atoms. The highest BCUT2D eigenvalue weighted by atomic mass is 16.4. The van der Waals surface area contributed by atoms with Gasteiger partial charge in [0.25, 0.3) is 0 Å². The highest BCUT2D eigenvalue weighted by Crippen LogP contribution is 2.19. The fourth-order valence-electron chi connectivity index (χ4n) is 1.61. The molecular weight excluding hydrogens is 206 g/mol. The maximum atomic E-state index is 10.6. The summed E-state index contributed by atoms with van der Waals surface area (Å²) in [7, 11) is 1.83. The lowest BCUT2D eigenvalue weighted by atomic mass is 10.2. The highest BCUT2D eigenvalue weighted by molar-refractivity contribution is 5.70. The Hall–Kier alpha value is -2.17. The van der Waals surface area contributed by atoms with Crippen molar-refractivity contribution in [3.63, 3.8) is 0 Å². The topological polar surface area (TPSA) is 68.0 Å². The Bertz CT molecular complexity index is 505. The molecule has 5 nitrogen and oxygen atoms in total. The van der Waals surface area contributed by atoms with Crippen LogP contribution in [0.1, 0.15) is 5.69 Å². The standard InChI is InChI=1S/C11H11N3O2/c1-14-9(4-11(15)16)2-3-10(14)8-5-12-7-13-6-8/h2-3,5-7H,4H2,1H3,(H,15,16). The van der Waals surface area contributed by atoms with E-state index in [-0.39, 0.29) is 6.42 Å². The van der Waals surface area contributed by atoms with Gasteiger partial charge in [-0.3, -0.25) is 4.79 Å². The van der Waals surface area contributed by atoms with Crippen LogP contribution in [-0.2, 0) is 18.3 Å². The Morgan fingerprint density at radius 2 is 2.06 bits per heavy atom. The van der Waals surface area contributed by atoms with E-state index in [4.69, 9.17) is 5.11 Å². The second-order valence-corrected chi connectivity index (χ2v) is 3.47. The second-order valence-electron chi connectivity index (χ2n) is 3.47. The predicted octanol–water partition coefficient (Wildman–Crippen LogP) is 1.11. The van der Waals surface area contributed by atoms with Gasteiger partial charge in [-0.15, -0.1) is 0 Å². The average Bonchev–Trinajstić information content (AvgIpc) is 2.61. The van der Waals surface area contributed by atoms with Crippen LogP contribution in [0.3, 0.4) is 0 Å². The van der Waals surface area contributed by atoms with Gasteiger partial charge in [0, 0.05) is 30.7 Å². The molecule has 0 aliphatic heterocycles. The van der Waals surface area contributed by atoms with Crippen molar-refractivity contribution in [1.29, 1.82) is 0 Å². The molecule has 2 aromatic rings. The molecule has 2 rings (SSSR count). The van der Waals surface area contributed by atoms with Crippen LogP contribution in [0.2, 0.25) is 0 Å². The largest absolute Gasteiger partial charge is 0.481 e. The van der Waals surface area contributed by atoms with Gasteiger partial charge < -0.3 is 9.67 Å². The number of carboxylic acid groups (broad SMARTS) is 1. The molecule has 2 heterocycles. The first-order chi connectivity index (χ1) is 7.68. The molecule has 0 amide bonds. The molecule has 82 valence electrons. The van der Waals surface area contributed by atoms with Crippen LogP contribution >= 0.6 is 0 Å². The summed E-state index contributed by atoms with van der Waals surface area (Å²) in [6.07, 6.45) is 4.88. The van der Waals surface area contributed by atoms with Gasteiger partial charge in [0.15, 0.2) is 0 Å². The van der Waals surface area contributed by atoms with Crippen molar-refractivity contribution in [2.24, 2.45) is 7.05 Å². The lowest BCUT2D eigenvalue weighted by Gasteiger charge is -2.05. The van der Waals surface area contributed by atoms with Crippen LogP contribution in [0.15, 0.2) is 30.9 Å². The van der Waals surface area contributed by atoms with Crippen molar-refractivity contribution in [3.05, 3.63) is 36.5 Å². The highest BCUT2D eigenvalue weighted by Gasteiger charge is 2.09. The summed E-state index contributed by atoms with van der Waals surface area (Å²) in [5, 5.41) is 8.73. The molecule has 1 N–H and O–H groups in total. The van der Waals surface area contributed by atoms with Gasteiger partial charge in [-0.05, 0) is 12.1 Å². The van der Waals surface area contributed by atoms with Crippen LogP contribution in [0.5, 0.6) is 0 Å². The van der Waals surface area contributed by atoms with E-state index >= 15 is 0 Å². The van der Waals surface area contributed by atoms with E-state index in [1.807, 2.05) is 17.7 Å². The second kappa shape index (κ2) is 4.14. The van der Waals surface area contributed by atoms with Gasteiger partial charge in [0.05, 0.1) is 12.1 Å². The summed E-state index contributed by atoms with van der Waals surface area (Å²) in [6, 6.07) is 3.67. The van der Waals surface area contributed by atoms with Gasteiger partial charge in [0.2, 0.25) is 0 Å². The quantitative estimate of drug-likeness (QED) is 0.836. The first-order valence-corrected chi connectivity index (χ1v) is 4.80. The Balaban J connectivity index is 2.37. The van der Waals surface area contributed by atoms with Gasteiger partial charge in [-0.25, -0.2) is 9.97 Å². The lowest BCUT2D eigenvalue weighted by Crippen LogP contribution is -2.05. The molecule has 0 fully saturated rings. The SMILES string of the molecule is Cn1c(CC(=O)O)ccc1-c1cncnc1. The van der Waals surface area contributed by atoms with Crippen molar-refractivity contribution in [1.82, 2.24) is 14.5 Å². The van der Waals surface area contributed by atoms with Crippen molar-refractivity contribution >= 4 is 5.97 Å². The number of aliphatic carboxylic acids is 1. The minimum atomic E-state index is -0.836. The summed E-state index contributed by atoms with van der Waals surface area (Å²) in [5.41, 5.74) is 2.55. The summed E-state index contributed by atoms with van der Waals surface area (Å²) >= 11 is 0. The van der Waals surface area contributed by atoms with Crippen molar-refractivity contribution < 1.29 is 9.90 Å². The Morgan fingerprint density at radius 3 is 2.69 bits per heavy atom. The molecule has 0 bridgehead atoms. The minimum absolute atomic E-state index is 0.0180.